The first kappa shape index (κ1) is 48.8. The molecule has 382 valence electrons. The number of carbonyl (C=O) groups is 4. The first-order chi connectivity index (χ1) is 35.3. The van der Waals surface area contributed by atoms with Crippen molar-refractivity contribution in [3.05, 3.63) is 123 Å². The molecule has 5 aromatic rings. The predicted molar refractivity (Wildman–Crippen MR) is 280 cm³/mol. The van der Waals surface area contributed by atoms with Gasteiger partial charge in [0.15, 0.2) is 0 Å². The molecule has 16 heteroatoms. The number of piperidine rings is 2. The van der Waals surface area contributed by atoms with Crippen molar-refractivity contribution in [2.75, 3.05) is 76.2 Å². The highest BCUT2D eigenvalue weighted by molar-refractivity contribution is 6.14. The van der Waals surface area contributed by atoms with Gasteiger partial charge in [0.25, 0.3) is 11.5 Å². The van der Waals surface area contributed by atoms with Gasteiger partial charge in [-0.3, -0.25) is 48.6 Å². The Bertz CT molecular complexity index is 3080. The maximum atomic E-state index is 16.2. The van der Waals surface area contributed by atoms with Crippen LogP contribution in [0.3, 0.4) is 0 Å². The smallest absolute Gasteiger partial charge is 0.257 e. The number of amides is 4. The molecule has 1 saturated carbocycles. The van der Waals surface area contributed by atoms with Gasteiger partial charge in [0.05, 0.1) is 11.1 Å². The number of hydrogen-bond acceptors (Lipinski definition) is 10. The molecule has 3 saturated heterocycles. The lowest BCUT2D eigenvalue weighted by Gasteiger charge is -2.39. The Hall–Kier alpha value is -6.49. The number of likely N-dealkylation sites (tertiary alicyclic amines) is 1. The highest BCUT2D eigenvalue weighted by Crippen LogP contribution is 2.53. The summed E-state index contributed by atoms with van der Waals surface area (Å²) >= 11 is 0. The van der Waals surface area contributed by atoms with Crippen LogP contribution < -0.4 is 21.1 Å². The van der Waals surface area contributed by atoms with Crippen LogP contribution in [0.5, 0.6) is 0 Å². The number of fused-ring (bicyclic) bond motifs is 3. The summed E-state index contributed by atoms with van der Waals surface area (Å²) in [6.07, 6.45) is 12.3. The second-order valence-corrected chi connectivity index (χ2v) is 21.5. The highest BCUT2D eigenvalue weighted by atomic mass is 19.1. The molecule has 2 atom stereocenters. The summed E-state index contributed by atoms with van der Waals surface area (Å²) in [5, 5.41) is 6.38. The van der Waals surface area contributed by atoms with Crippen molar-refractivity contribution in [1.29, 1.82) is 0 Å². The molecule has 11 rings (SSSR count). The van der Waals surface area contributed by atoms with Crippen LogP contribution in [-0.4, -0.2) is 129 Å². The molecule has 15 nitrogen and oxygen atoms in total. The van der Waals surface area contributed by atoms with Crippen LogP contribution in [0.4, 0.5) is 15.8 Å². The van der Waals surface area contributed by atoms with E-state index in [0.29, 0.717) is 49.5 Å². The zero-order valence-corrected chi connectivity index (χ0v) is 42.6. The van der Waals surface area contributed by atoms with Gasteiger partial charge >= 0.3 is 0 Å². The Morgan fingerprint density at radius 2 is 1.66 bits per heavy atom. The second-order valence-electron chi connectivity index (χ2n) is 21.5. The fraction of sp³-hybridized carbons (Fsp3) is 0.474. The Labute approximate surface area is 426 Å². The van der Waals surface area contributed by atoms with Crippen LogP contribution in [0.1, 0.15) is 109 Å². The summed E-state index contributed by atoms with van der Waals surface area (Å²) in [6.45, 7) is 12.4. The van der Waals surface area contributed by atoms with Gasteiger partial charge in [0.2, 0.25) is 17.7 Å². The molecule has 3 aromatic heterocycles. The van der Waals surface area contributed by atoms with Gasteiger partial charge in [0, 0.05) is 144 Å². The van der Waals surface area contributed by atoms with E-state index in [1.54, 1.807) is 35.0 Å². The van der Waals surface area contributed by atoms with Gasteiger partial charge in [-0.1, -0.05) is 31.1 Å². The zero-order valence-electron chi connectivity index (χ0n) is 42.6. The average molecular weight is 991 g/mol. The van der Waals surface area contributed by atoms with Crippen molar-refractivity contribution < 1.29 is 23.6 Å². The maximum absolute atomic E-state index is 16.2. The largest absolute Gasteiger partial charge is 0.388 e. The Morgan fingerprint density at radius 3 is 2.36 bits per heavy atom. The molecule has 0 bridgehead atoms. The first-order valence-corrected chi connectivity index (χ1v) is 26.4. The van der Waals surface area contributed by atoms with E-state index in [1.807, 2.05) is 43.1 Å². The van der Waals surface area contributed by atoms with Gasteiger partial charge in [-0.25, -0.2) is 9.37 Å². The number of hydrogen-bond donors (Lipinski definition) is 2. The van der Waals surface area contributed by atoms with E-state index >= 15 is 4.39 Å². The summed E-state index contributed by atoms with van der Waals surface area (Å²) in [4.78, 5) is 81.6. The van der Waals surface area contributed by atoms with Crippen LogP contribution in [0.15, 0.2) is 77.9 Å². The lowest BCUT2D eigenvalue weighted by Crippen LogP contribution is -2.55. The third kappa shape index (κ3) is 8.98. The molecular weight excluding hydrogens is 924 g/mol. The maximum Gasteiger partial charge on any atom is 0.257 e. The predicted octanol–water partition coefficient (Wildman–Crippen LogP) is 6.70. The summed E-state index contributed by atoms with van der Waals surface area (Å²) in [5.41, 5.74) is 8.49. The van der Waals surface area contributed by atoms with Crippen molar-refractivity contribution >= 4 is 51.6 Å². The number of piperazine rings is 1. The molecule has 4 amide bonds. The van der Waals surface area contributed by atoms with E-state index in [-0.39, 0.29) is 47.5 Å². The van der Waals surface area contributed by atoms with E-state index in [2.05, 4.69) is 66.1 Å². The third-order valence-corrected chi connectivity index (χ3v) is 17.2. The Balaban J connectivity index is 0.667. The zero-order chi connectivity index (χ0) is 50.7. The number of rotatable bonds is 11. The van der Waals surface area contributed by atoms with Crippen molar-refractivity contribution in [2.24, 2.45) is 13.0 Å². The topological polar surface area (TPSA) is 148 Å². The number of imide groups is 1. The molecule has 4 fully saturated rings. The molecule has 1 aliphatic carbocycles. The number of benzene rings is 2. The minimum absolute atomic E-state index is 0.0167. The average Bonchev–Trinajstić information content (AvgIpc) is 4.09. The van der Waals surface area contributed by atoms with E-state index in [9.17, 15) is 24.0 Å². The molecular formula is C57H67FN10O5. The van der Waals surface area contributed by atoms with Crippen molar-refractivity contribution in [3.63, 3.8) is 0 Å². The fourth-order valence-corrected chi connectivity index (χ4v) is 13.1. The second kappa shape index (κ2) is 19.7. The summed E-state index contributed by atoms with van der Waals surface area (Å²) in [6, 6.07) is 16.5. The standard InChI is InChI=1S/C57H67FN10O5/c1-36-29-41(31-45(58)52(36)40-14-22-65(23-15-40)37(2)49-33-43-46(11-19-60-53(43)62(49)4)67-24-16-42(59-3)32-51(67)70)55(72)66-20-12-38(13-21-66)34-63-25-27-64(28-26-63)35-39-7-8-47-44(30-39)57(17-5-6-18-57)56(73)68(47)48-9-10-50(69)61-54(48)71/h7-8,11,14,16,19,24,29-33,37-38,48,59H,5-6,9-10,12-13,15,17-18,20-23,25-28,34-35H2,1-4H3,(H,61,69,71)/t37-,48+/m0/s1. The fourth-order valence-electron chi connectivity index (χ4n) is 13.1. The van der Waals surface area contributed by atoms with Gasteiger partial charge < -0.3 is 19.7 Å². The molecule has 5 aliphatic heterocycles. The van der Waals surface area contributed by atoms with Crippen LogP contribution >= 0.6 is 0 Å². The van der Waals surface area contributed by atoms with E-state index < -0.39 is 11.5 Å². The number of aryl methyl sites for hydroxylation is 2. The van der Waals surface area contributed by atoms with Gasteiger partial charge in [-0.05, 0) is 117 Å². The van der Waals surface area contributed by atoms with Crippen molar-refractivity contribution in [3.8, 4) is 5.69 Å². The van der Waals surface area contributed by atoms with Gasteiger partial charge in [0.1, 0.15) is 17.5 Å². The van der Waals surface area contributed by atoms with E-state index in [4.69, 9.17) is 0 Å². The molecule has 8 heterocycles. The number of anilines is 2. The number of aromatic nitrogens is 3. The highest BCUT2D eigenvalue weighted by Gasteiger charge is 2.55. The minimum atomic E-state index is -0.652. The van der Waals surface area contributed by atoms with Gasteiger partial charge in [-0.2, -0.15) is 0 Å². The number of nitrogens with one attached hydrogen (secondary N) is 2. The lowest BCUT2D eigenvalue weighted by molar-refractivity contribution is -0.136. The van der Waals surface area contributed by atoms with Crippen LogP contribution in [0.2, 0.25) is 0 Å². The molecule has 0 radical (unpaired) electrons. The minimum Gasteiger partial charge on any atom is -0.388 e. The number of nitrogens with zero attached hydrogens (tertiary/aromatic N) is 8. The van der Waals surface area contributed by atoms with Crippen LogP contribution in [0.25, 0.3) is 22.3 Å². The Morgan fingerprint density at radius 1 is 0.890 bits per heavy atom. The Kier molecular flexibility index (Phi) is 13.2. The lowest BCUT2D eigenvalue weighted by atomic mass is 9.79. The summed E-state index contributed by atoms with van der Waals surface area (Å²) < 4.78 is 19.9. The van der Waals surface area contributed by atoms with Crippen LogP contribution in [-0.2, 0) is 33.4 Å². The van der Waals surface area contributed by atoms with Crippen molar-refractivity contribution in [2.45, 2.75) is 95.7 Å². The summed E-state index contributed by atoms with van der Waals surface area (Å²) in [7, 11) is 3.80. The molecule has 2 aromatic carbocycles. The SMILES string of the molecule is CNc1ccn(-c2ccnc3c2cc([C@H](C)N2CC=C(c4c(C)cc(C(=O)N5CCC(CN6CCN(Cc7ccc8c(c7)C7(CCCC7)C(=O)N8[C@@H]7CCC(=O)NC7=O)CC6)CC5)cc4F)CC2)n3C)c(=O)c1. The number of halogens is 1. The normalized spacial score (nSPS) is 21.5. The quantitative estimate of drug-likeness (QED) is 0.137. The molecule has 1 spiro atoms. The third-order valence-electron chi connectivity index (χ3n) is 17.2. The first-order valence-electron chi connectivity index (χ1n) is 26.4. The molecule has 6 aliphatic rings. The van der Waals surface area contributed by atoms with Gasteiger partial charge in [-0.15, -0.1) is 0 Å². The monoisotopic (exact) mass is 991 g/mol. The molecule has 73 heavy (non-hydrogen) atoms. The number of pyridine rings is 2. The van der Waals surface area contributed by atoms with E-state index in [0.717, 1.165) is 135 Å². The number of carbonyl (C=O) groups excluding carboxylic acids is 4. The van der Waals surface area contributed by atoms with Crippen molar-refractivity contribution in [1.82, 2.24) is 39.0 Å². The van der Waals surface area contributed by atoms with E-state index in [1.165, 1.54) is 11.6 Å². The summed E-state index contributed by atoms with van der Waals surface area (Å²) in [5.74, 6) is -0.610. The van der Waals surface area contributed by atoms with Crippen LogP contribution in [0, 0.1) is 18.7 Å². The molecule has 0 unspecified atom stereocenters. The molecule has 2 N–H and O–H groups in total.